The van der Waals surface area contributed by atoms with Gasteiger partial charge in [0.1, 0.15) is 0 Å². The lowest BCUT2D eigenvalue weighted by molar-refractivity contribution is 0.386. The first-order chi connectivity index (χ1) is 12.0. The highest BCUT2D eigenvalue weighted by Gasteiger charge is 2.17. The highest BCUT2D eigenvalue weighted by Crippen LogP contribution is 2.21. The zero-order valence-electron chi connectivity index (χ0n) is 13.7. The van der Waals surface area contributed by atoms with Crippen molar-refractivity contribution in [2.45, 2.75) is 6.42 Å². The number of hydrogen-bond acceptors (Lipinski definition) is 6. The number of hydrogen-bond donors (Lipinski definition) is 1. The van der Waals surface area contributed by atoms with Crippen molar-refractivity contribution in [1.29, 1.82) is 0 Å². The first-order valence-corrected chi connectivity index (χ1v) is 8.91. The predicted molar refractivity (Wildman–Crippen MR) is 93.0 cm³/mol. The first kappa shape index (κ1) is 17.1. The molecule has 0 amide bonds. The van der Waals surface area contributed by atoms with Gasteiger partial charge >= 0.3 is 10.2 Å². The smallest absolute Gasteiger partial charge is 0.301 e. The maximum absolute atomic E-state index is 12.1. The van der Waals surface area contributed by atoms with Crippen molar-refractivity contribution >= 4 is 15.9 Å². The van der Waals surface area contributed by atoms with Crippen LogP contribution in [-0.2, 0) is 16.6 Å². The van der Waals surface area contributed by atoms with Gasteiger partial charge in [0.15, 0.2) is 0 Å². The SMILES string of the molecule is CN(C)S(=O)(=O)Nc1ccccc1Cc1nc(-c2ccncc2)no1. The van der Waals surface area contributed by atoms with Crippen molar-refractivity contribution in [2.24, 2.45) is 0 Å². The van der Waals surface area contributed by atoms with Gasteiger partial charge in [-0.1, -0.05) is 23.4 Å². The Kier molecular flexibility index (Phi) is 4.77. The lowest BCUT2D eigenvalue weighted by atomic mass is 10.1. The molecule has 0 aliphatic carbocycles. The average molecular weight is 359 g/mol. The summed E-state index contributed by atoms with van der Waals surface area (Å²) in [5, 5.41) is 3.95. The first-order valence-electron chi connectivity index (χ1n) is 7.47. The van der Waals surface area contributed by atoms with E-state index >= 15 is 0 Å². The standard InChI is InChI=1S/C16H17N5O3S/c1-21(2)25(22,23)20-14-6-4-3-5-13(14)11-15-18-16(19-24-15)12-7-9-17-10-8-12/h3-10,20H,11H2,1-2H3. The summed E-state index contributed by atoms with van der Waals surface area (Å²) < 4.78 is 33.0. The second-order valence-corrected chi connectivity index (χ2v) is 7.36. The van der Waals surface area contributed by atoms with Crippen LogP contribution in [0.3, 0.4) is 0 Å². The molecule has 0 spiro atoms. The molecule has 0 bridgehead atoms. The molecular weight excluding hydrogens is 342 g/mol. The Hall–Kier alpha value is -2.78. The van der Waals surface area contributed by atoms with Gasteiger partial charge in [0.25, 0.3) is 0 Å². The predicted octanol–water partition coefficient (Wildman–Crippen LogP) is 1.94. The quantitative estimate of drug-likeness (QED) is 0.722. The van der Waals surface area contributed by atoms with E-state index in [4.69, 9.17) is 4.52 Å². The molecule has 3 rings (SSSR count). The van der Waals surface area contributed by atoms with E-state index in [1.54, 1.807) is 36.7 Å². The van der Waals surface area contributed by atoms with E-state index in [-0.39, 0.29) is 0 Å². The molecule has 130 valence electrons. The van der Waals surface area contributed by atoms with Crippen LogP contribution in [0.25, 0.3) is 11.4 Å². The van der Waals surface area contributed by atoms with Crippen LogP contribution in [0.2, 0.25) is 0 Å². The highest BCUT2D eigenvalue weighted by atomic mass is 32.2. The van der Waals surface area contributed by atoms with Gasteiger partial charge in [0.2, 0.25) is 11.7 Å². The number of para-hydroxylation sites is 1. The second-order valence-electron chi connectivity index (χ2n) is 5.47. The molecule has 0 saturated carbocycles. The lowest BCUT2D eigenvalue weighted by Gasteiger charge is -2.15. The molecule has 25 heavy (non-hydrogen) atoms. The lowest BCUT2D eigenvalue weighted by Crippen LogP contribution is -2.29. The fourth-order valence-corrected chi connectivity index (χ4v) is 2.77. The van der Waals surface area contributed by atoms with Crippen LogP contribution >= 0.6 is 0 Å². The van der Waals surface area contributed by atoms with Gasteiger partial charge in [-0.25, -0.2) is 0 Å². The van der Waals surface area contributed by atoms with E-state index in [1.165, 1.54) is 14.1 Å². The third kappa shape index (κ3) is 4.01. The summed E-state index contributed by atoms with van der Waals surface area (Å²) in [6, 6.07) is 10.7. The van der Waals surface area contributed by atoms with Crippen LogP contribution < -0.4 is 4.72 Å². The number of nitrogens with one attached hydrogen (secondary N) is 1. The van der Waals surface area contributed by atoms with E-state index in [0.29, 0.717) is 23.8 Å². The molecule has 0 saturated heterocycles. The summed E-state index contributed by atoms with van der Waals surface area (Å²) in [7, 11) is -0.670. The van der Waals surface area contributed by atoms with Crippen molar-refractivity contribution in [2.75, 3.05) is 18.8 Å². The summed E-state index contributed by atoms with van der Waals surface area (Å²) in [6.07, 6.45) is 3.61. The van der Waals surface area contributed by atoms with Crippen LogP contribution in [0, 0.1) is 0 Å². The highest BCUT2D eigenvalue weighted by molar-refractivity contribution is 7.90. The summed E-state index contributed by atoms with van der Waals surface area (Å²) in [6.45, 7) is 0. The van der Waals surface area contributed by atoms with Crippen molar-refractivity contribution in [3.63, 3.8) is 0 Å². The van der Waals surface area contributed by atoms with Crippen LogP contribution in [0.5, 0.6) is 0 Å². The molecule has 0 atom stereocenters. The molecule has 0 radical (unpaired) electrons. The minimum absolute atomic E-state index is 0.310. The Morgan fingerprint density at radius 3 is 2.56 bits per heavy atom. The molecular formula is C16H17N5O3S. The Labute approximate surface area is 145 Å². The number of anilines is 1. The minimum Gasteiger partial charge on any atom is -0.339 e. The Bertz CT molecular complexity index is 955. The fourth-order valence-electron chi connectivity index (χ4n) is 2.11. The maximum atomic E-state index is 12.1. The minimum atomic E-state index is -3.59. The summed E-state index contributed by atoms with van der Waals surface area (Å²) in [5.74, 6) is 0.854. The van der Waals surface area contributed by atoms with Crippen LogP contribution in [0.4, 0.5) is 5.69 Å². The van der Waals surface area contributed by atoms with E-state index in [1.807, 2.05) is 12.1 Å². The Balaban J connectivity index is 1.84. The van der Waals surface area contributed by atoms with Gasteiger partial charge in [-0.3, -0.25) is 9.71 Å². The largest absolute Gasteiger partial charge is 0.339 e. The zero-order valence-corrected chi connectivity index (χ0v) is 14.6. The average Bonchev–Trinajstić information content (AvgIpc) is 3.06. The molecule has 0 unspecified atom stereocenters. The van der Waals surface area contributed by atoms with Crippen molar-refractivity contribution in [1.82, 2.24) is 19.4 Å². The maximum Gasteiger partial charge on any atom is 0.301 e. The fraction of sp³-hybridized carbons (Fsp3) is 0.188. The van der Waals surface area contributed by atoms with Crippen molar-refractivity contribution in [3.8, 4) is 11.4 Å². The van der Waals surface area contributed by atoms with Gasteiger partial charge in [-0.15, -0.1) is 0 Å². The molecule has 1 aromatic carbocycles. The number of nitrogens with zero attached hydrogens (tertiary/aromatic N) is 4. The van der Waals surface area contributed by atoms with Crippen molar-refractivity contribution in [3.05, 3.63) is 60.2 Å². The molecule has 8 nitrogen and oxygen atoms in total. The molecule has 0 aliphatic heterocycles. The molecule has 1 N–H and O–H groups in total. The molecule has 2 heterocycles. The van der Waals surface area contributed by atoms with Gasteiger partial charge in [-0.05, 0) is 23.8 Å². The Morgan fingerprint density at radius 2 is 1.84 bits per heavy atom. The summed E-state index contributed by atoms with van der Waals surface area (Å²) in [4.78, 5) is 8.31. The van der Waals surface area contributed by atoms with E-state index in [0.717, 1.165) is 15.4 Å². The van der Waals surface area contributed by atoms with Crippen LogP contribution in [-0.4, -0.2) is 41.9 Å². The molecule has 3 aromatic rings. The normalized spacial score (nSPS) is 11.6. The number of benzene rings is 1. The van der Waals surface area contributed by atoms with E-state index in [2.05, 4.69) is 19.8 Å². The number of aromatic nitrogens is 3. The third-order valence-electron chi connectivity index (χ3n) is 3.49. The second kappa shape index (κ2) is 6.99. The number of rotatable bonds is 6. The molecule has 0 aliphatic rings. The molecule has 2 aromatic heterocycles. The van der Waals surface area contributed by atoms with Gasteiger partial charge in [-0.2, -0.15) is 17.7 Å². The van der Waals surface area contributed by atoms with Crippen LogP contribution in [0.1, 0.15) is 11.5 Å². The summed E-state index contributed by atoms with van der Waals surface area (Å²) >= 11 is 0. The zero-order chi connectivity index (χ0) is 17.9. The molecule has 9 heteroatoms. The third-order valence-corrected chi connectivity index (χ3v) is 4.92. The van der Waals surface area contributed by atoms with Gasteiger partial charge in [0, 0.05) is 32.1 Å². The van der Waals surface area contributed by atoms with Gasteiger partial charge in [0.05, 0.1) is 12.1 Å². The number of pyridine rings is 1. The van der Waals surface area contributed by atoms with Crippen molar-refractivity contribution < 1.29 is 12.9 Å². The van der Waals surface area contributed by atoms with E-state index < -0.39 is 10.2 Å². The van der Waals surface area contributed by atoms with Gasteiger partial charge < -0.3 is 4.52 Å². The monoisotopic (exact) mass is 359 g/mol. The van der Waals surface area contributed by atoms with E-state index in [9.17, 15) is 8.42 Å². The summed E-state index contributed by atoms with van der Waals surface area (Å²) in [5.41, 5.74) is 2.00. The van der Waals surface area contributed by atoms with Crippen LogP contribution in [0.15, 0.2) is 53.3 Å². The topological polar surface area (TPSA) is 101 Å². The Morgan fingerprint density at radius 1 is 1.12 bits per heavy atom. The molecule has 0 fully saturated rings.